The van der Waals surface area contributed by atoms with Crippen LogP contribution in [-0.4, -0.2) is 5.78 Å². The van der Waals surface area contributed by atoms with Gasteiger partial charge in [-0.2, -0.15) is 0 Å². The van der Waals surface area contributed by atoms with Crippen molar-refractivity contribution in [2.45, 2.75) is 19.3 Å². The van der Waals surface area contributed by atoms with Gasteiger partial charge in [-0.05, 0) is 24.0 Å². The van der Waals surface area contributed by atoms with E-state index in [0.29, 0.717) is 5.92 Å². The van der Waals surface area contributed by atoms with Gasteiger partial charge in [0.1, 0.15) is 0 Å². The summed E-state index contributed by atoms with van der Waals surface area (Å²) in [7, 11) is 0. The standard InChI is InChI=1S/C13H14O/c1-10-12(8-5-9-13(10)14)11-6-3-2-4-7-11/h2-7,9-10,12H,8H2,1H3/t10-,12+/m1/s1. The molecular weight excluding hydrogens is 172 g/mol. The summed E-state index contributed by atoms with van der Waals surface area (Å²) < 4.78 is 0. The molecule has 1 heteroatoms. The van der Waals surface area contributed by atoms with Gasteiger partial charge in [-0.1, -0.05) is 43.3 Å². The third kappa shape index (κ3) is 1.63. The topological polar surface area (TPSA) is 17.1 Å². The second-order valence-corrected chi connectivity index (χ2v) is 3.85. The molecule has 0 heterocycles. The molecule has 0 N–H and O–H groups in total. The summed E-state index contributed by atoms with van der Waals surface area (Å²) in [6.45, 7) is 2.02. The first-order valence-corrected chi connectivity index (χ1v) is 5.04. The Labute approximate surface area is 84.5 Å². The molecule has 1 aromatic rings. The number of rotatable bonds is 1. The molecule has 0 aromatic heterocycles. The van der Waals surface area contributed by atoms with Crippen molar-refractivity contribution in [3.05, 3.63) is 48.0 Å². The molecule has 1 aliphatic carbocycles. The number of ketones is 1. The third-order valence-corrected chi connectivity index (χ3v) is 2.95. The highest BCUT2D eigenvalue weighted by atomic mass is 16.1. The molecule has 14 heavy (non-hydrogen) atoms. The first-order valence-electron chi connectivity index (χ1n) is 5.04. The van der Waals surface area contributed by atoms with Crippen LogP contribution in [0.1, 0.15) is 24.8 Å². The van der Waals surface area contributed by atoms with Crippen LogP contribution in [0.3, 0.4) is 0 Å². The van der Waals surface area contributed by atoms with Crippen molar-refractivity contribution >= 4 is 5.78 Å². The summed E-state index contributed by atoms with van der Waals surface area (Å²) >= 11 is 0. The van der Waals surface area contributed by atoms with E-state index in [1.807, 2.05) is 31.2 Å². The number of hydrogen-bond donors (Lipinski definition) is 0. The Morgan fingerprint density at radius 3 is 2.64 bits per heavy atom. The lowest BCUT2D eigenvalue weighted by molar-refractivity contribution is -0.118. The molecule has 1 aliphatic rings. The molecule has 0 bridgehead atoms. The van der Waals surface area contributed by atoms with E-state index in [0.717, 1.165) is 6.42 Å². The minimum absolute atomic E-state index is 0.127. The van der Waals surface area contributed by atoms with Gasteiger partial charge in [0.2, 0.25) is 0 Å². The fourth-order valence-electron chi connectivity index (χ4n) is 2.01. The summed E-state index contributed by atoms with van der Waals surface area (Å²) in [5.74, 6) is 0.751. The minimum atomic E-state index is 0.127. The Hall–Kier alpha value is -1.37. The van der Waals surface area contributed by atoms with Gasteiger partial charge in [0.05, 0.1) is 0 Å². The monoisotopic (exact) mass is 186 g/mol. The fraction of sp³-hybridized carbons (Fsp3) is 0.308. The molecule has 0 radical (unpaired) electrons. The molecule has 0 saturated heterocycles. The molecule has 0 spiro atoms. The average Bonchev–Trinajstić information content (AvgIpc) is 2.23. The van der Waals surface area contributed by atoms with Crippen LogP contribution in [-0.2, 0) is 4.79 Å². The van der Waals surface area contributed by atoms with Crippen LogP contribution in [0.2, 0.25) is 0 Å². The van der Waals surface area contributed by atoms with E-state index in [1.54, 1.807) is 6.08 Å². The number of hydrogen-bond acceptors (Lipinski definition) is 1. The van der Waals surface area contributed by atoms with Gasteiger partial charge < -0.3 is 0 Å². The van der Waals surface area contributed by atoms with Crippen LogP contribution in [0.25, 0.3) is 0 Å². The normalized spacial score (nSPS) is 26.5. The van der Waals surface area contributed by atoms with Gasteiger partial charge in [-0.25, -0.2) is 0 Å². The van der Waals surface area contributed by atoms with E-state index >= 15 is 0 Å². The van der Waals surface area contributed by atoms with Crippen molar-refractivity contribution in [3.63, 3.8) is 0 Å². The summed E-state index contributed by atoms with van der Waals surface area (Å²) in [5.41, 5.74) is 1.28. The Bertz CT molecular complexity index is 351. The number of benzene rings is 1. The molecule has 2 rings (SSSR count). The third-order valence-electron chi connectivity index (χ3n) is 2.95. The molecule has 0 aliphatic heterocycles. The Balaban J connectivity index is 2.28. The quantitative estimate of drug-likeness (QED) is 0.659. The largest absolute Gasteiger partial charge is 0.295 e. The van der Waals surface area contributed by atoms with Crippen molar-refractivity contribution in [3.8, 4) is 0 Å². The molecule has 0 fully saturated rings. The average molecular weight is 186 g/mol. The second kappa shape index (κ2) is 3.79. The lowest BCUT2D eigenvalue weighted by Gasteiger charge is -2.24. The highest BCUT2D eigenvalue weighted by molar-refractivity contribution is 5.93. The summed E-state index contributed by atoms with van der Waals surface area (Å²) in [5, 5.41) is 0. The van der Waals surface area contributed by atoms with Gasteiger partial charge in [-0.15, -0.1) is 0 Å². The molecule has 2 atom stereocenters. The van der Waals surface area contributed by atoms with Crippen LogP contribution in [0.4, 0.5) is 0 Å². The van der Waals surface area contributed by atoms with Crippen LogP contribution < -0.4 is 0 Å². The minimum Gasteiger partial charge on any atom is -0.295 e. The Kier molecular flexibility index (Phi) is 2.49. The first-order chi connectivity index (χ1) is 6.79. The molecular formula is C13H14O. The van der Waals surface area contributed by atoms with E-state index in [-0.39, 0.29) is 11.7 Å². The Morgan fingerprint density at radius 1 is 1.21 bits per heavy atom. The zero-order chi connectivity index (χ0) is 9.97. The van der Waals surface area contributed by atoms with Gasteiger partial charge in [0.25, 0.3) is 0 Å². The van der Waals surface area contributed by atoms with Gasteiger partial charge >= 0.3 is 0 Å². The predicted molar refractivity (Wildman–Crippen MR) is 57.1 cm³/mol. The fourth-order valence-corrected chi connectivity index (χ4v) is 2.01. The lowest BCUT2D eigenvalue weighted by Crippen LogP contribution is -2.20. The van der Waals surface area contributed by atoms with E-state index < -0.39 is 0 Å². The first kappa shape index (κ1) is 9.20. The van der Waals surface area contributed by atoms with E-state index in [2.05, 4.69) is 12.1 Å². The summed E-state index contributed by atoms with van der Waals surface area (Å²) in [6, 6.07) is 10.3. The van der Waals surface area contributed by atoms with Gasteiger partial charge in [-0.3, -0.25) is 4.79 Å². The van der Waals surface area contributed by atoms with Gasteiger partial charge in [0.15, 0.2) is 5.78 Å². The number of carbonyl (C=O) groups is 1. The molecule has 1 nitrogen and oxygen atoms in total. The SMILES string of the molecule is C[C@H]1C(=O)C=CC[C@@H]1c1ccccc1. The Morgan fingerprint density at radius 2 is 1.93 bits per heavy atom. The number of carbonyl (C=O) groups excluding carboxylic acids is 1. The van der Waals surface area contributed by atoms with Crippen molar-refractivity contribution in [1.29, 1.82) is 0 Å². The van der Waals surface area contributed by atoms with Crippen molar-refractivity contribution in [1.82, 2.24) is 0 Å². The van der Waals surface area contributed by atoms with E-state index in [9.17, 15) is 4.79 Å². The second-order valence-electron chi connectivity index (χ2n) is 3.85. The van der Waals surface area contributed by atoms with Crippen LogP contribution in [0, 0.1) is 5.92 Å². The van der Waals surface area contributed by atoms with E-state index in [1.165, 1.54) is 5.56 Å². The molecule has 72 valence electrons. The van der Waals surface area contributed by atoms with Crippen LogP contribution in [0.5, 0.6) is 0 Å². The molecule has 1 aromatic carbocycles. The zero-order valence-corrected chi connectivity index (χ0v) is 8.31. The molecule has 0 unspecified atom stereocenters. The predicted octanol–water partition coefficient (Wildman–Crippen LogP) is 2.94. The maximum atomic E-state index is 11.5. The van der Waals surface area contributed by atoms with E-state index in [4.69, 9.17) is 0 Å². The maximum absolute atomic E-state index is 11.5. The lowest BCUT2D eigenvalue weighted by atomic mass is 9.79. The van der Waals surface area contributed by atoms with Crippen molar-refractivity contribution < 1.29 is 4.79 Å². The van der Waals surface area contributed by atoms with Crippen LogP contribution in [0.15, 0.2) is 42.5 Å². The smallest absolute Gasteiger partial charge is 0.158 e. The number of allylic oxidation sites excluding steroid dienone is 2. The molecule has 0 amide bonds. The highest BCUT2D eigenvalue weighted by Crippen LogP contribution is 2.31. The van der Waals surface area contributed by atoms with Crippen molar-refractivity contribution in [2.24, 2.45) is 5.92 Å². The van der Waals surface area contributed by atoms with Crippen LogP contribution >= 0.6 is 0 Å². The highest BCUT2D eigenvalue weighted by Gasteiger charge is 2.25. The van der Waals surface area contributed by atoms with Crippen molar-refractivity contribution in [2.75, 3.05) is 0 Å². The summed E-state index contributed by atoms with van der Waals surface area (Å²) in [4.78, 5) is 11.5. The summed E-state index contributed by atoms with van der Waals surface area (Å²) in [6.07, 6.45) is 4.68. The van der Waals surface area contributed by atoms with Gasteiger partial charge in [0, 0.05) is 5.92 Å². The molecule has 0 saturated carbocycles. The zero-order valence-electron chi connectivity index (χ0n) is 8.31. The maximum Gasteiger partial charge on any atom is 0.158 e.